The summed E-state index contributed by atoms with van der Waals surface area (Å²) in [5, 5.41) is 0.869. The van der Waals surface area contributed by atoms with E-state index in [9.17, 15) is 0 Å². The van der Waals surface area contributed by atoms with Crippen LogP contribution in [0, 0.1) is 0 Å². The second-order valence-electron chi connectivity index (χ2n) is 8.73. The van der Waals surface area contributed by atoms with Gasteiger partial charge in [0.15, 0.2) is 5.96 Å². The van der Waals surface area contributed by atoms with E-state index in [4.69, 9.17) is 21.9 Å². The van der Waals surface area contributed by atoms with E-state index in [1.807, 2.05) is 36.4 Å². The van der Waals surface area contributed by atoms with Gasteiger partial charge in [-0.05, 0) is 48.9 Å². The minimum absolute atomic E-state index is 0.159. The molecule has 0 spiro atoms. The molecule has 2 heterocycles. The summed E-state index contributed by atoms with van der Waals surface area (Å²) in [4.78, 5) is 13.2. The molecule has 1 aliphatic carbocycles. The van der Waals surface area contributed by atoms with Crippen molar-refractivity contribution in [2.24, 2.45) is 16.5 Å². The number of nitrogens with zero attached hydrogens (tertiary/aromatic N) is 4. The van der Waals surface area contributed by atoms with Crippen molar-refractivity contribution in [1.82, 2.24) is 14.5 Å². The number of aliphatic imine (C=N–C) groups is 1. The third-order valence-electron chi connectivity index (χ3n) is 6.42. The molecule has 6 N–H and O–H groups in total. The van der Waals surface area contributed by atoms with Gasteiger partial charge in [0.1, 0.15) is 30.1 Å². The Labute approximate surface area is 198 Å². The Kier molecular flexibility index (Phi) is 6.03. The smallest absolute Gasteiger partial charge is 0.186 e. The molecule has 0 unspecified atom stereocenters. The number of rotatable bonds is 6. The fourth-order valence-corrected chi connectivity index (χ4v) is 4.78. The maximum atomic E-state index is 6.35. The van der Waals surface area contributed by atoms with Crippen LogP contribution < -0.4 is 21.9 Å². The Hall–Kier alpha value is -4.07. The van der Waals surface area contributed by atoms with Crippen LogP contribution in [-0.4, -0.2) is 26.5 Å². The van der Waals surface area contributed by atoms with E-state index in [1.54, 1.807) is 0 Å². The minimum atomic E-state index is 0.159. The van der Waals surface area contributed by atoms with Crippen molar-refractivity contribution in [2.45, 2.75) is 44.4 Å². The largest absolute Gasteiger partial charge is 0.489 e. The van der Waals surface area contributed by atoms with Gasteiger partial charge in [0.05, 0.1) is 11.4 Å². The van der Waals surface area contributed by atoms with Gasteiger partial charge in [-0.25, -0.2) is 9.97 Å². The van der Waals surface area contributed by atoms with Gasteiger partial charge in [0, 0.05) is 17.8 Å². The molecule has 174 valence electrons. The lowest BCUT2D eigenvalue weighted by atomic mass is 9.91. The lowest BCUT2D eigenvalue weighted by molar-refractivity contribution is 0.306. The summed E-state index contributed by atoms with van der Waals surface area (Å²) in [5.74, 6) is 1.44. The Bertz CT molecular complexity index is 1300. The maximum Gasteiger partial charge on any atom is 0.186 e. The summed E-state index contributed by atoms with van der Waals surface area (Å²) >= 11 is 0. The molecule has 0 radical (unpaired) electrons. The lowest BCUT2D eigenvalue weighted by Crippen LogP contribution is -2.28. The van der Waals surface area contributed by atoms with Crippen LogP contribution in [0.15, 0.2) is 72.1 Å². The first-order chi connectivity index (χ1) is 16.6. The second kappa shape index (κ2) is 9.43. The Morgan fingerprint density at radius 1 is 1.00 bits per heavy atom. The number of ether oxygens (including phenoxy) is 1. The van der Waals surface area contributed by atoms with E-state index in [0.29, 0.717) is 18.5 Å². The standard InChI is InChI=1S/C26H29N7O/c27-24-23-22(18-7-4-8-21(13-18)34-15-17-5-2-1-3-6-17)14-33(25(23)31-16-30-24)20-11-9-19(10-12-20)32-26(28)29/h1-8,13-14,16,19-20H,9-12,15H2,(H2,27,30,31)(H4,28,29,32). The van der Waals surface area contributed by atoms with Gasteiger partial charge in [-0.3, -0.25) is 4.99 Å². The van der Waals surface area contributed by atoms with Crippen molar-refractivity contribution >= 4 is 22.8 Å². The molecule has 0 saturated heterocycles. The third kappa shape index (κ3) is 4.52. The number of fused-ring (bicyclic) bond motifs is 1. The van der Waals surface area contributed by atoms with Crippen molar-refractivity contribution in [3.63, 3.8) is 0 Å². The average Bonchev–Trinajstić information content (AvgIpc) is 3.25. The highest BCUT2D eigenvalue weighted by atomic mass is 16.5. The highest BCUT2D eigenvalue weighted by molar-refractivity contribution is 6.00. The van der Waals surface area contributed by atoms with Gasteiger partial charge in [-0.15, -0.1) is 0 Å². The molecule has 5 rings (SSSR count). The number of benzene rings is 2. The number of guanidine groups is 1. The first-order valence-electron chi connectivity index (χ1n) is 11.6. The van der Waals surface area contributed by atoms with E-state index in [0.717, 1.165) is 59.2 Å². The van der Waals surface area contributed by atoms with Crippen molar-refractivity contribution < 1.29 is 4.74 Å². The predicted molar refractivity (Wildman–Crippen MR) is 135 cm³/mol. The molecule has 1 aliphatic rings. The van der Waals surface area contributed by atoms with Crippen LogP contribution in [0.2, 0.25) is 0 Å². The number of aromatic nitrogens is 3. The summed E-state index contributed by atoms with van der Waals surface area (Å²) in [6.07, 6.45) is 7.48. The molecule has 0 aliphatic heterocycles. The van der Waals surface area contributed by atoms with E-state index >= 15 is 0 Å². The molecule has 1 fully saturated rings. The Balaban J connectivity index is 1.45. The normalized spacial score (nSPS) is 18.0. The van der Waals surface area contributed by atoms with Crippen molar-refractivity contribution in [2.75, 3.05) is 5.73 Å². The average molecular weight is 456 g/mol. The van der Waals surface area contributed by atoms with Crippen LogP contribution in [0.4, 0.5) is 5.82 Å². The zero-order chi connectivity index (χ0) is 23.5. The van der Waals surface area contributed by atoms with E-state index < -0.39 is 0 Å². The molecule has 0 atom stereocenters. The van der Waals surface area contributed by atoms with Crippen molar-refractivity contribution in [1.29, 1.82) is 0 Å². The number of hydrogen-bond acceptors (Lipinski definition) is 5. The van der Waals surface area contributed by atoms with Crippen LogP contribution in [0.25, 0.3) is 22.2 Å². The zero-order valence-corrected chi connectivity index (χ0v) is 19.0. The molecule has 4 aromatic rings. The summed E-state index contributed by atoms with van der Waals surface area (Å²) in [7, 11) is 0. The molecule has 0 bridgehead atoms. The molecular formula is C26H29N7O. The van der Waals surface area contributed by atoms with Crippen LogP contribution >= 0.6 is 0 Å². The van der Waals surface area contributed by atoms with E-state index in [2.05, 4.69) is 43.9 Å². The van der Waals surface area contributed by atoms with E-state index in [1.165, 1.54) is 6.33 Å². The Morgan fingerprint density at radius 2 is 1.79 bits per heavy atom. The highest BCUT2D eigenvalue weighted by Gasteiger charge is 2.25. The van der Waals surface area contributed by atoms with E-state index in [-0.39, 0.29) is 12.0 Å². The molecule has 2 aromatic carbocycles. The Morgan fingerprint density at radius 3 is 2.56 bits per heavy atom. The number of nitrogen functional groups attached to an aromatic ring is 1. The summed E-state index contributed by atoms with van der Waals surface area (Å²) in [5.41, 5.74) is 21.5. The van der Waals surface area contributed by atoms with Crippen molar-refractivity contribution in [3.8, 4) is 16.9 Å². The van der Waals surface area contributed by atoms with Gasteiger partial charge < -0.3 is 26.5 Å². The maximum absolute atomic E-state index is 6.35. The molecule has 0 amide bonds. The molecule has 1 saturated carbocycles. The van der Waals surface area contributed by atoms with Gasteiger partial charge in [-0.1, -0.05) is 42.5 Å². The van der Waals surface area contributed by atoms with Crippen molar-refractivity contribution in [3.05, 3.63) is 72.7 Å². The van der Waals surface area contributed by atoms with Gasteiger partial charge in [-0.2, -0.15) is 0 Å². The molecule has 8 nitrogen and oxygen atoms in total. The predicted octanol–water partition coefficient (Wildman–Crippen LogP) is 4.02. The molecule has 8 heteroatoms. The topological polar surface area (TPSA) is 130 Å². The summed E-state index contributed by atoms with van der Waals surface area (Å²) in [6.45, 7) is 0.510. The lowest BCUT2D eigenvalue weighted by Gasteiger charge is -2.27. The minimum Gasteiger partial charge on any atom is -0.489 e. The number of hydrogen-bond donors (Lipinski definition) is 3. The SMILES string of the molecule is NC(N)=NC1CCC(n2cc(-c3cccc(OCc4ccccc4)c3)c3c(N)ncnc32)CC1. The van der Waals surface area contributed by atoms with Crippen LogP contribution in [0.3, 0.4) is 0 Å². The monoisotopic (exact) mass is 455 g/mol. The first kappa shape index (κ1) is 21.8. The number of nitrogens with two attached hydrogens (primary N) is 3. The fourth-order valence-electron chi connectivity index (χ4n) is 4.78. The highest BCUT2D eigenvalue weighted by Crippen LogP contribution is 2.39. The first-order valence-corrected chi connectivity index (χ1v) is 11.6. The molecule has 34 heavy (non-hydrogen) atoms. The molecular weight excluding hydrogens is 426 g/mol. The third-order valence-corrected chi connectivity index (χ3v) is 6.42. The number of anilines is 1. The van der Waals surface area contributed by atoms with Crippen LogP contribution in [0.1, 0.15) is 37.3 Å². The van der Waals surface area contributed by atoms with Gasteiger partial charge in [0.25, 0.3) is 0 Å². The summed E-state index contributed by atoms with van der Waals surface area (Å²) < 4.78 is 8.30. The zero-order valence-electron chi connectivity index (χ0n) is 19.0. The summed E-state index contributed by atoms with van der Waals surface area (Å²) in [6, 6.07) is 18.7. The van der Waals surface area contributed by atoms with Gasteiger partial charge in [0.2, 0.25) is 0 Å². The van der Waals surface area contributed by atoms with Gasteiger partial charge >= 0.3 is 0 Å². The molecule has 2 aromatic heterocycles. The fraction of sp³-hybridized carbons (Fsp3) is 0.269. The second-order valence-corrected chi connectivity index (χ2v) is 8.73. The quantitative estimate of drug-likeness (QED) is 0.297. The van der Waals surface area contributed by atoms with Crippen LogP contribution in [-0.2, 0) is 6.61 Å². The van der Waals surface area contributed by atoms with Crippen LogP contribution in [0.5, 0.6) is 5.75 Å².